The number of alkyl halides is 1. The van der Waals surface area contributed by atoms with E-state index in [4.69, 9.17) is 0 Å². The summed E-state index contributed by atoms with van der Waals surface area (Å²) in [7, 11) is 0. The normalized spacial score (nSPS) is 54.5. The lowest BCUT2D eigenvalue weighted by Crippen LogP contribution is -2.52. The van der Waals surface area contributed by atoms with Crippen LogP contribution in [0.1, 0.15) is 71.6 Å². The average Bonchev–Trinajstić information content (AvgIpc) is 2.78. The summed E-state index contributed by atoms with van der Waals surface area (Å²) in [5, 5.41) is 0. The molecule has 4 saturated carbocycles. The molecule has 0 bridgehead atoms. The number of fused-ring (bicyclic) bond motifs is 5. The van der Waals surface area contributed by atoms with Crippen LogP contribution in [0, 0.1) is 40.4 Å². The van der Waals surface area contributed by atoms with Gasteiger partial charge in [-0.3, -0.25) is 9.18 Å². The Kier molecular flexibility index (Phi) is 3.47. The monoisotopic (exact) mass is 306 g/mol. The molecule has 0 heterocycles. The molecule has 0 saturated heterocycles. The fraction of sp³-hybridized carbons (Fsp3) is 0.950. The number of halogens is 1. The fourth-order valence-corrected chi connectivity index (χ4v) is 7.37. The van der Waals surface area contributed by atoms with Crippen LogP contribution < -0.4 is 0 Å². The van der Waals surface area contributed by atoms with Gasteiger partial charge in [-0.1, -0.05) is 26.7 Å². The topological polar surface area (TPSA) is 17.1 Å². The maximum Gasteiger partial charge on any atom is 0.144 e. The lowest BCUT2D eigenvalue weighted by molar-refractivity contribution is -0.140. The van der Waals surface area contributed by atoms with Crippen LogP contribution in [-0.2, 0) is 4.79 Å². The van der Waals surface area contributed by atoms with E-state index in [1.807, 2.05) is 0 Å². The highest BCUT2D eigenvalue weighted by Crippen LogP contribution is 2.66. The van der Waals surface area contributed by atoms with Crippen molar-refractivity contribution in [2.24, 2.45) is 40.4 Å². The van der Waals surface area contributed by atoms with Gasteiger partial charge in [0.25, 0.3) is 0 Å². The summed E-state index contributed by atoms with van der Waals surface area (Å²) >= 11 is 0. The van der Waals surface area contributed by atoms with E-state index in [2.05, 4.69) is 13.8 Å². The molecule has 0 radical (unpaired) electrons. The molecule has 0 aromatic rings. The summed E-state index contributed by atoms with van der Waals surface area (Å²) in [6.45, 7) is 4.29. The lowest BCUT2D eigenvalue weighted by atomic mass is 9.45. The third kappa shape index (κ3) is 1.85. The standard InChI is InChI=1S/C20H31FO/c1-19-9-4-3-5-14(19)6-7-15-16(19)8-10-20(2)17(15)11-13(12-21)18(20)22/h13-17H,3-12H2,1-2H3/t13?,14?,15-,16-,17+,19+,20+/m1/s1. The Hall–Kier alpha value is -0.400. The smallest absolute Gasteiger partial charge is 0.144 e. The van der Waals surface area contributed by atoms with Crippen molar-refractivity contribution in [1.82, 2.24) is 0 Å². The van der Waals surface area contributed by atoms with Crippen LogP contribution in [0.3, 0.4) is 0 Å². The van der Waals surface area contributed by atoms with E-state index in [9.17, 15) is 9.18 Å². The molecule has 0 aromatic heterocycles. The van der Waals surface area contributed by atoms with Crippen LogP contribution in [0.15, 0.2) is 0 Å². The number of rotatable bonds is 1. The second kappa shape index (κ2) is 5.05. The van der Waals surface area contributed by atoms with Crippen molar-refractivity contribution >= 4 is 5.78 Å². The minimum absolute atomic E-state index is 0.199. The van der Waals surface area contributed by atoms with E-state index >= 15 is 0 Å². The Morgan fingerprint density at radius 2 is 1.86 bits per heavy atom. The van der Waals surface area contributed by atoms with Crippen LogP contribution in [0.2, 0.25) is 0 Å². The minimum atomic E-state index is -0.428. The molecule has 4 aliphatic rings. The van der Waals surface area contributed by atoms with Crippen molar-refractivity contribution in [1.29, 1.82) is 0 Å². The Labute approximate surface area is 134 Å². The van der Waals surface area contributed by atoms with Gasteiger partial charge in [-0.15, -0.1) is 0 Å². The third-order valence-electron chi connectivity index (χ3n) is 8.63. The third-order valence-corrected chi connectivity index (χ3v) is 8.63. The highest BCUT2D eigenvalue weighted by molar-refractivity contribution is 5.89. The van der Waals surface area contributed by atoms with Crippen molar-refractivity contribution in [3.8, 4) is 0 Å². The first-order chi connectivity index (χ1) is 10.5. The number of carbonyl (C=O) groups is 1. The van der Waals surface area contributed by atoms with Gasteiger partial charge in [-0.2, -0.15) is 0 Å². The van der Waals surface area contributed by atoms with Crippen LogP contribution in [0.25, 0.3) is 0 Å². The average molecular weight is 306 g/mol. The highest BCUT2D eigenvalue weighted by atomic mass is 19.1. The van der Waals surface area contributed by atoms with Gasteiger partial charge in [0.1, 0.15) is 5.78 Å². The van der Waals surface area contributed by atoms with Crippen LogP contribution >= 0.6 is 0 Å². The van der Waals surface area contributed by atoms with Gasteiger partial charge in [0.15, 0.2) is 0 Å². The first-order valence-corrected chi connectivity index (χ1v) is 9.61. The molecule has 0 amide bonds. The first kappa shape index (κ1) is 15.1. The largest absolute Gasteiger partial charge is 0.299 e. The quantitative estimate of drug-likeness (QED) is 0.652. The zero-order valence-electron chi connectivity index (χ0n) is 14.2. The number of hydrogen-bond acceptors (Lipinski definition) is 1. The summed E-state index contributed by atoms with van der Waals surface area (Å²) in [4.78, 5) is 12.7. The Morgan fingerprint density at radius 3 is 2.64 bits per heavy atom. The van der Waals surface area contributed by atoms with Crippen molar-refractivity contribution in [3.63, 3.8) is 0 Å². The van der Waals surface area contributed by atoms with Crippen molar-refractivity contribution < 1.29 is 9.18 Å². The Morgan fingerprint density at radius 1 is 1.05 bits per heavy atom. The molecule has 1 nitrogen and oxygen atoms in total. The second-order valence-corrected chi connectivity index (χ2v) is 9.31. The molecule has 2 unspecified atom stereocenters. The number of Topliss-reactive ketones (excluding diaryl/α,β-unsaturated/α-hetero) is 1. The van der Waals surface area contributed by atoms with Gasteiger partial charge in [0, 0.05) is 11.3 Å². The predicted molar refractivity (Wildman–Crippen MR) is 86.2 cm³/mol. The number of carbonyl (C=O) groups excluding carboxylic acids is 1. The van der Waals surface area contributed by atoms with Crippen molar-refractivity contribution in [3.05, 3.63) is 0 Å². The lowest BCUT2D eigenvalue weighted by Gasteiger charge is -2.59. The zero-order valence-corrected chi connectivity index (χ0v) is 14.2. The fourth-order valence-electron chi connectivity index (χ4n) is 7.37. The maximum absolute atomic E-state index is 13.3. The van der Waals surface area contributed by atoms with E-state index < -0.39 is 6.67 Å². The van der Waals surface area contributed by atoms with Gasteiger partial charge in [-0.05, 0) is 74.0 Å². The van der Waals surface area contributed by atoms with Crippen LogP contribution in [0.4, 0.5) is 4.39 Å². The summed E-state index contributed by atoms with van der Waals surface area (Å²) in [5.74, 6) is 2.86. The van der Waals surface area contributed by atoms with E-state index in [1.54, 1.807) is 0 Å². The molecule has 0 N–H and O–H groups in total. The van der Waals surface area contributed by atoms with E-state index in [0.717, 1.165) is 24.7 Å². The molecule has 22 heavy (non-hydrogen) atoms. The molecular weight excluding hydrogens is 275 g/mol. The molecule has 4 aliphatic carbocycles. The second-order valence-electron chi connectivity index (χ2n) is 9.31. The first-order valence-electron chi connectivity index (χ1n) is 9.61. The van der Waals surface area contributed by atoms with Gasteiger partial charge in [-0.25, -0.2) is 0 Å². The van der Waals surface area contributed by atoms with Crippen molar-refractivity contribution in [2.75, 3.05) is 6.67 Å². The van der Waals surface area contributed by atoms with Crippen molar-refractivity contribution in [2.45, 2.75) is 71.6 Å². The molecule has 2 heteroatoms. The van der Waals surface area contributed by atoms with Gasteiger partial charge in [0.05, 0.1) is 6.67 Å². The minimum Gasteiger partial charge on any atom is -0.299 e. The van der Waals surface area contributed by atoms with Gasteiger partial charge in [0.2, 0.25) is 0 Å². The van der Waals surface area contributed by atoms with Crippen LogP contribution in [0.5, 0.6) is 0 Å². The van der Waals surface area contributed by atoms with E-state index in [-0.39, 0.29) is 17.1 Å². The molecule has 4 rings (SSSR count). The molecule has 7 atom stereocenters. The summed E-state index contributed by atoms with van der Waals surface area (Å²) in [5.41, 5.74) is 0.315. The maximum atomic E-state index is 13.3. The molecule has 124 valence electrons. The zero-order chi connectivity index (χ0) is 15.5. The number of ketones is 1. The molecule has 0 aliphatic heterocycles. The Balaban J connectivity index is 1.65. The summed E-state index contributed by atoms with van der Waals surface area (Å²) < 4.78 is 13.3. The van der Waals surface area contributed by atoms with Gasteiger partial charge < -0.3 is 0 Å². The number of hydrogen-bond donors (Lipinski definition) is 0. The Bertz CT molecular complexity index is 474. The summed E-state index contributed by atoms with van der Waals surface area (Å²) in [6.07, 6.45) is 11.4. The van der Waals surface area contributed by atoms with E-state index in [1.165, 1.54) is 44.9 Å². The molecule has 0 spiro atoms. The molecular formula is C20H31FO. The highest BCUT2D eigenvalue weighted by Gasteiger charge is 2.61. The summed E-state index contributed by atoms with van der Waals surface area (Å²) in [6, 6.07) is 0. The van der Waals surface area contributed by atoms with E-state index in [0.29, 0.717) is 17.3 Å². The molecule has 0 aromatic carbocycles. The van der Waals surface area contributed by atoms with Gasteiger partial charge >= 0.3 is 0 Å². The molecule has 4 fully saturated rings. The SMILES string of the molecule is C[C@]12CCCCC1CC[C@@H]1[C@H]2CC[C@]2(C)C(=O)C(CF)C[C@@H]12. The predicted octanol–water partition coefficient (Wildman–Crippen LogP) is 5.18. The van der Waals surface area contributed by atoms with Crippen LogP contribution in [-0.4, -0.2) is 12.5 Å².